The van der Waals surface area contributed by atoms with Crippen LogP contribution in [0.15, 0.2) is 22.3 Å². The van der Waals surface area contributed by atoms with Crippen LogP contribution in [0, 0.1) is 0 Å². The summed E-state index contributed by atoms with van der Waals surface area (Å²) in [6.07, 6.45) is 1.41. The Kier molecular flexibility index (Phi) is 4.70. The van der Waals surface area contributed by atoms with Crippen molar-refractivity contribution in [1.29, 1.82) is 0 Å². The van der Waals surface area contributed by atoms with Crippen LogP contribution in [0.2, 0.25) is 0 Å². The van der Waals surface area contributed by atoms with Gasteiger partial charge in [0.15, 0.2) is 0 Å². The summed E-state index contributed by atoms with van der Waals surface area (Å²) >= 11 is 0. The first-order valence-electron chi connectivity index (χ1n) is 6.10. The lowest BCUT2D eigenvalue weighted by atomic mass is 9.99. The smallest absolute Gasteiger partial charge is 0.334 e. The molecule has 0 aliphatic carbocycles. The Balaban J connectivity index is 2.63. The fourth-order valence-electron chi connectivity index (χ4n) is 2.02. The lowest BCUT2D eigenvalue weighted by molar-refractivity contribution is -0.139. The molecule has 1 fully saturated rings. The zero-order chi connectivity index (χ0) is 13.9. The molecule has 0 radical (unpaired) electrons. The number of carbonyl (C=O) groups is 2. The topological polar surface area (TPSA) is 63.6 Å². The first kappa shape index (κ1) is 14.5. The Hall–Kier alpha value is -1.58. The van der Waals surface area contributed by atoms with Gasteiger partial charge in [-0.25, -0.2) is 9.59 Å². The van der Waals surface area contributed by atoms with Gasteiger partial charge in [-0.15, -0.1) is 0 Å². The van der Waals surface area contributed by atoms with Gasteiger partial charge in [0.05, 0.1) is 0 Å². The summed E-state index contributed by atoms with van der Waals surface area (Å²) in [5.41, 5.74) is 2.92. The number of ether oxygens (including phenoxy) is 1. The molecule has 4 nitrogen and oxygen atoms in total. The quantitative estimate of drug-likeness (QED) is 0.617. The van der Waals surface area contributed by atoms with E-state index in [4.69, 9.17) is 9.84 Å². The summed E-state index contributed by atoms with van der Waals surface area (Å²) < 4.78 is 5.23. The van der Waals surface area contributed by atoms with Gasteiger partial charge in [0.2, 0.25) is 0 Å². The van der Waals surface area contributed by atoms with Crippen molar-refractivity contribution < 1.29 is 19.4 Å². The second kappa shape index (κ2) is 5.85. The summed E-state index contributed by atoms with van der Waals surface area (Å²) in [5.74, 6) is -1.14. The van der Waals surface area contributed by atoms with Crippen molar-refractivity contribution in [2.45, 2.75) is 53.1 Å². The minimum atomic E-state index is -0.887. The number of carboxylic acids is 1. The maximum Gasteiger partial charge on any atom is 0.334 e. The molecule has 1 N–H and O–H groups in total. The van der Waals surface area contributed by atoms with Gasteiger partial charge in [0.1, 0.15) is 6.10 Å². The lowest BCUT2D eigenvalue weighted by Crippen LogP contribution is -2.10. The van der Waals surface area contributed by atoms with E-state index in [0.29, 0.717) is 24.8 Å². The molecule has 1 aliphatic heterocycles. The first-order valence-corrected chi connectivity index (χ1v) is 6.10. The molecule has 0 aromatic heterocycles. The van der Waals surface area contributed by atoms with Gasteiger partial charge in [-0.3, -0.25) is 0 Å². The van der Waals surface area contributed by atoms with Crippen LogP contribution >= 0.6 is 0 Å². The number of hydrogen-bond donors (Lipinski definition) is 1. The molecule has 18 heavy (non-hydrogen) atoms. The normalized spacial score (nSPS) is 18.6. The van der Waals surface area contributed by atoms with Crippen LogP contribution in [-0.2, 0) is 14.3 Å². The zero-order valence-corrected chi connectivity index (χ0v) is 11.4. The van der Waals surface area contributed by atoms with E-state index in [0.717, 1.165) is 16.7 Å². The van der Waals surface area contributed by atoms with Crippen molar-refractivity contribution >= 4 is 11.9 Å². The van der Waals surface area contributed by atoms with Crippen molar-refractivity contribution in [1.82, 2.24) is 0 Å². The number of carbonyl (C=O) groups excluding carboxylic acids is 1. The molecule has 1 atom stereocenters. The average molecular weight is 252 g/mol. The van der Waals surface area contributed by atoms with Crippen molar-refractivity contribution in [3.05, 3.63) is 22.3 Å². The Morgan fingerprint density at radius 3 is 2.33 bits per heavy atom. The largest absolute Gasteiger partial charge is 0.478 e. The fraction of sp³-hybridized carbons (Fsp3) is 0.571. The highest BCUT2D eigenvalue weighted by Crippen LogP contribution is 2.27. The maximum absolute atomic E-state index is 11.5. The van der Waals surface area contributed by atoms with Gasteiger partial charge in [0, 0.05) is 17.6 Å². The molecule has 0 spiro atoms. The number of allylic oxidation sites excluding steroid dienone is 2. The highest BCUT2D eigenvalue weighted by Gasteiger charge is 2.29. The van der Waals surface area contributed by atoms with Crippen LogP contribution in [0.5, 0.6) is 0 Å². The molecule has 0 saturated carbocycles. The molecular weight excluding hydrogens is 232 g/mol. The van der Waals surface area contributed by atoms with Gasteiger partial charge >= 0.3 is 11.9 Å². The van der Waals surface area contributed by atoms with Crippen LogP contribution in [0.3, 0.4) is 0 Å². The maximum atomic E-state index is 11.5. The predicted molar refractivity (Wildman–Crippen MR) is 68.1 cm³/mol. The molecule has 4 heteroatoms. The standard InChI is InChI=1S/C14H20O4/c1-8(2)11(13(15)16)6-5-10-7-12(9(3)4)14(17)18-10/h10H,5-7H2,1-4H3,(H,15,16). The van der Waals surface area contributed by atoms with Crippen molar-refractivity contribution in [3.8, 4) is 0 Å². The van der Waals surface area contributed by atoms with E-state index in [9.17, 15) is 9.59 Å². The summed E-state index contributed by atoms with van der Waals surface area (Å²) in [6, 6.07) is 0. The number of hydrogen-bond acceptors (Lipinski definition) is 3. The molecule has 1 heterocycles. The highest BCUT2D eigenvalue weighted by atomic mass is 16.5. The molecule has 100 valence electrons. The predicted octanol–water partition coefficient (Wildman–Crippen LogP) is 2.84. The second-order valence-corrected chi connectivity index (χ2v) is 5.03. The molecule has 1 rings (SSSR count). The molecule has 1 saturated heterocycles. The molecule has 0 bridgehead atoms. The third-order valence-corrected chi connectivity index (χ3v) is 3.13. The number of carboxylic acid groups (broad SMARTS) is 1. The van der Waals surface area contributed by atoms with E-state index in [-0.39, 0.29) is 12.1 Å². The zero-order valence-electron chi connectivity index (χ0n) is 11.4. The minimum Gasteiger partial charge on any atom is -0.478 e. The average Bonchev–Trinajstić information content (AvgIpc) is 2.58. The number of rotatable bonds is 4. The summed E-state index contributed by atoms with van der Waals surface area (Å²) in [6.45, 7) is 7.34. The van der Waals surface area contributed by atoms with E-state index in [2.05, 4.69) is 0 Å². The first-order chi connectivity index (χ1) is 8.32. The van der Waals surface area contributed by atoms with Gasteiger partial charge in [-0.1, -0.05) is 11.1 Å². The van der Waals surface area contributed by atoms with E-state index in [1.54, 1.807) is 13.8 Å². The van der Waals surface area contributed by atoms with Gasteiger partial charge in [0.25, 0.3) is 0 Å². The molecule has 0 aromatic carbocycles. The van der Waals surface area contributed by atoms with E-state index in [1.807, 2.05) is 13.8 Å². The third kappa shape index (κ3) is 3.45. The second-order valence-electron chi connectivity index (χ2n) is 5.03. The Labute approximate surface area is 107 Å². The van der Waals surface area contributed by atoms with Crippen molar-refractivity contribution in [3.63, 3.8) is 0 Å². The van der Waals surface area contributed by atoms with E-state index >= 15 is 0 Å². The van der Waals surface area contributed by atoms with Crippen LogP contribution in [0.25, 0.3) is 0 Å². The van der Waals surface area contributed by atoms with Gasteiger partial charge < -0.3 is 9.84 Å². The minimum absolute atomic E-state index is 0.184. The van der Waals surface area contributed by atoms with Crippen molar-refractivity contribution in [2.75, 3.05) is 0 Å². The van der Waals surface area contributed by atoms with E-state index < -0.39 is 5.97 Å². The lowest BCUT2D eigenvalue weighted by Gasteiger charge is -2.09. The molecule has 0 aromatic rings. The van der Waals surface area contributed by atoms with Gasteiger partial charge in [-0.2, -0.15) is 0 Å². The Morgan fingerprint density at radius 1 is 1.33 bits per heavy atom. The van der Waals surface area contributed by atoms with Crippen LogP contribution in [0.1, 0.15) is 47.0 Å². The number of aliphatic carboxylic acids is 1. The summed E-state index contributed by atoms with van der Waals surface area (Å²) in [7, 11) is 0. The monoisotopic (exact) mass is 252 g/mol. The van der Waals surface area contributed by atoms with Crippen LogP contribution in [-0.4, -0.2) is 23.1 Å². The van der Waals surface area contributed by atoms with E-state index in [1.165, 1.54) is 0 Å². The van der Waals surface area contributed by atoms with Gasteiger partial charge in [-0.05, 0) is 40.5 Å². The molecule has 0 amide bonds. The summed E-state index contributed by atoms with van der Waals surface area (Å²) in [5, 5.41) is 9.03. The Morgan fingerprint density at radius 2 is 1.94 bits per heavy atom. The molecule has 1 unspecified atom stereocenters. The SMILES string of the molecule is CC(C)=C(CCC1CC(=C(C)C)C(=O)O1)C(=O)O. The highest BCUT2D eigenvalue weighted by molar-refractivity contribution is 5.91. The third-order valence-electron chi connectivity index (χ3n) is 3.13. The van der Waals surface area contributed by atoms with Crippen LogP contribution in [0.4, 0.5) is 0 Å². The number of cyclic esters (lactones) is 1. The Bertz CT molecular complexity index is 421. The molecule has 1 aliphatic rings. The van der Waals surface area contributed by atoms with Crippen molar-refractivity contribution in [2.24, 2.45) is 0 Å². The van der Waals surface area contributed by atoms with Crippen LogP contribution < -0.4 is 0 Å². The fourth-order valence-corrected chi connectivity index (χ4v) is 2.02. The summed E-state index contributed by atoms with van der Waals surface area (Å²) in [4.78, 5) is 22.5. The molecular formula is C14H20O4. The number of esters is 1.